The molecular weight excluding hydrogens is 552 g/mol. The largest absolute Gasteiger partial charge is 0.508 e. The lowest BCUT2D eigenvalue weighted by atomic mass is 10.00. The number of carboxylic acid groups (broad SMARTS) is 1. The second-order valence-corrected chi connectivity index (χ2v) is 10.7. The minimum Gasteiger partial charge on any atom is -0.508 e. The van der Waals surface area contributed by atoms with Crippen molar-refractivity contribution >= 4 is 23.7 Å². The van der Waals surface area contributed by atoms with E-state index >= 15 is 0 Å². The summed E-state index contributed by atoms with van der Waals surface area (Å²) >= 11 is 0. The van der Waals surface area contributed by atoms with Crippen molar-refractivity contribution in [1.29, 1.82) is 0 Å². The quantitative estimate of drug-likeness (QED) is 0.147. The molecule has 3 aromatic carbocycles. The first-order valence-electron chi connectivity index (χ1n) is 13.9. The van der Waals surface area contributed by atoms with Gasteiger partial charge in [-0.2, -0.15) is 0 Å². The molecule has 0 aliphatic carbocycles. The van der Waals surface area contributed by atoms with Gasteiger partial charge in [-0.25, -0.2) is 4.79 Å². The molecule has 0 aliphatic rings. The number of hydrogen-bond donors (Lipinski definition) is 7. The maximum atomic E-state index is 13.7. The zero-order chi connectivity index (χ0) is 31.5. The average Bonchev–Trinajstić information content (AvgIpc) is 2.97. The molecule has 43 heavy (non-hydrogen) atoms. The van der Waals surface area contributed by atoms with E-state index in [0.29, 0.717) is 11.1 Å². The molecular formula is C32H38N4O7. The van der Waals surface area contributed by atoms with Gasteiger partial charge in [-0.15, -0.1) is 0 Å². The zero-order valence-corrected chi connectivity index (χ0v) is 24.1. The molecule has 0 saturated heterocycles. The molecule has 0 aromatic heterocycles. The fourth-order valence-electron chi connectivity index (χ4n) is 4.43. The van der Waals surface area contributed by atoms with Gasteiger partial charge in [0.15, 0.2) is 0 Å². The predicted molar refractivity (Wildman–Crippen MR) is 160 cm³/mol. The molecule has 0 fully saturated rings. The van der Waals surface area contributed by atoms with Gasteiger partial charge in [-0.3, -0.25) is 14.4 Å². The van der Waals surface area contributed by atoms with E-state index in [2.05, 4.69) is 16.0 Å². The molecule has 3 rings (SSSR count). The molecule has 0 radical (unpaired) electrons. The average molecular weight is 591 g/mol. The smallest absolute Gasteiger partial charge is 0.326 e. The number of amides is 3. The first kappa shape index (κ1) is 32.6. The van der Waals surface area contributed by atoms with Crippen LogP contribution in [-0.2, 0) is 38.4 Å². The Balaban J connectivity index is 1.85. The molecule has 0 heterocycles. The Morgan fingerprint density at radius 3 is 1.49 bits per heavy atom. The predicted octanol–water partition coefficient (Wildman–Crippen LogP) is 1.65. The summed E-state index contributed by atoms with van der Waals surface area (Å²) in [5.74, 6) is -3.60. The van der Waals surface area contributed by atoms with E-state index in [1.54, 1.807) is 38.1 Å². The van der Waals surface area contributed by atoms with Crippen LogP contribution in [0.1, 0.15) is 30.5 Å². The van der Waals surface area contributed by atoms with Gasteiger partial charge in [-0.1, -0.05) is 68.4 Å². The number of aliphatic carboxylic acids is 1. The van der Waals surface area contributed by atoms with Crippen molar-refractivity contribution < 1.29 is 34.5 Å². The molecule has 3 aromatic rings. The third-order valence-electron chi connectivity index (χ3n) is 6.88. The summed E-state index contributed by atoms with van der Waals surface area (Å²) in [6.45, 7) is 3.29. The molecule has 0 aliphatic heterocycles. The van der Waals surface area contributed by atoms with Crippen molar-refractivity contribution in [3.8, 4) is 11.5 Å². The van der Waals surface area contributed by atoms with Crippen molar-refractivity contribution in [2.45, 2.75) is 57.3 Å². The molecule has 0 bridgehead atoms. The minimum atomic E-state index is -1.22. The second-order valence-electron chi connectivity index (χ2n) is 10.7. The summed E-state index contributed by atoms with van der Waals surface area (Å²) in [6, 6.07) is 16.8. The fraction of sp³-hybridized carbons (Fsp3) is 0.312. The number of carbonyl (C=O) groups is 4. The molecule has 0 spiro atoms. The number of phenolic OH excluding ortho intramolecular Hbond substituents is 2. The topological polar surface area (TPSA) is 191 Å². The Kier molecular flexibility index (Phi) is 11.7. The zero-order valence-electron chi connectivity index (χ0n) is 24.1. The van der Waals surface area contributed by atoms with Crippen LogP contribution in [0.3, 0.4) is 0 Å². The van der Waals surface area contributed by atoms with E-state index in [4.69, 9.17) is 5.73 Å². The normalized spacial score (nSPS) is 13.8. The number of phenols is 2. The summed E-state index contributed by atoms with van der Waals surface area (Å²) in [5.41, 5.74) is 8.23. The summed E-state index contributed by atoms with van der Waals surface area (Å²) in [6.07, 6.45) is 0.237. The number of benzene rings is 3. The van der Waals surface area contributed by atoms with Crippen molar-refractivity contribution in [1.82, 2.24) is 16.0 Å². The van der Waals surface area contributed by atoms with E-state index in [1.807, 2.05) is 30.3 Å². The van der Waals surface area contributed by atoms with Crippen LogP contribution in [0, 0.1) is 5.92 Å². The standard InChI is InChI=1S/C32H38N4O7/c1-19(2)28(32(42)43)36-31(41)27(18-22-10-14-24(38)15-11-22)35-30(40)26(17-21-8-12-23(37)13-9-21)34-29(39)25(33)16-20-6-4-3-5-7-20/h3-15,19,25-28,37-38H,16-18,33H2,1-2H3,(H,34,39)(H,35,40)(H,36,41)(H,42,43). The van der Waals surface area contributed by atoms with Crippen LogP contribution in [0.5, 0.6) is 11.5 Å². The highest BCUT2D eigenvalue weighted by molar-refractivity contribution is 5.94. The number of hydrogen-bond acceptors (Lipinski definition) is 7. The lowest BCUT2D eigenvalue weighted by Gasteiger charge is -2.26. The maximum absolute atomic E-state index is 13.7. The Labute approximate surface area is 250 Å². The Morgan fingerprint density at radius 1 is 0.628 bits per heavy atom. The Hall–Kier alpha value is -4.90. The number of rotatable bonds is 14. The first-order valence-corrected chi connectivity index (χ1v) is 13.9. The number of carbonyl (C=O) groups excluding carboxylic acids is 3. The van der Waals surface area contributed by atoms with Gasteiger partial charge in [0.25, 0.3) is 0 Å². The third kappa shape index (κ3) is 10.2. The SMILES string of the molecule is CC(C)C(NC(=O)C(Cc1ccc(O)cc1)NC(=O)C(Cc1ccc(O)cc1)NC(=O)C(N)Cc1ccccc1)C(=O)O. The highest BCUT2D eigenvalue weighted by Crippen LogP contribution is 2.14. The van der Waals surface area contributed by atoms with Gasteiger partial charge in [0, 0.05) is 12.8 Å². The Bertz CT molecular complexity index is 1380. The molecule has 0 saturated carbocycles. The molecule has 11 heteroatoms. The summed E-state index contributed by atoms with van der Waals surface area (Å²) < 4.78 is 0. The second kappa shape index (κ2) is 15.4. The number of aromatic hydroxyl groups is 2. The number of nitrogens with two attached hydrogens (primary N) is 1. The van der Waals surface area contributed by atoms with Crippen LogP contribution >= 0.6 is 0 Å². The molecule has 4 atom stereocenters. The third-order valence-corrected chi connectivity index (χ3v) is 6.88. The minimum absolute atomic E-state index is 0.0167. The van der Waals surface area contributed by atoms with Crippen LogP contribution in [0.15, 0.2) is 78.9 Å². The number of nitrogens with one attached hydrogen (secondary N) is 3. The van der Waals surface area contributed by atoms with Crippen LogP contribution < -0.4 is 21.7 Å². The molecule has 228 valence electrons. The van der Waals surface area contributed by atoms with Crippen molar-refractivity contribution in [2.75, 3.05) is 0 Å². The summed E-state index contributed by atoms with van der Waals surface area (Å²) in [4.78, 5) is 51.9. The number of carboxylic acids is 1. The van der Waals surface area contributed by atoms with Gasteiger partial charge in [0.1, 0.15) is 29.6 Å². The van der Waals surface area contributed by atoms with Gasteiger partial charge in [0.2, 0.25) is 17.7 Å². The van der Waals surface area contributed by atoms with E-state index in [1.165, 1.54) is 24.3 Å². The monoisotopic (exact) mass is 590 g/mol. The van der Waals surface area contributed by atoms with E-state index in [9.17, 15) is 34.5 Å². The van der Waals surface area contributed by atoms with Crippen LogP contribution in [0.2, 0.25) is 0 Å². The van der Waals surface area contributed by atoms with Gasteiger partial charge in [-0.05, 0) is 53.3 Å². The van der Waals surface area contributed by atoms with Crippen molar-refractivity contribution in [2.24, 2.45) is 11.7 Å². The molecule has 4 unspecified atom stereocenters. The Morgan fingerprint density at radius 2 is 1.05 bits per heavy atom. The molecule has 3 amide bonds. The van der Waals surface area contributed by atoms with Crippen LogP contribution in [0.4, 0.5) is 0 Å². The summed E-state index contributed by atoms with van der Waals surface area (Å²) in [7, 11) is 0. The highest BCUT2D eigenvalue weighted by atomic mass is 16.4. The van der Waals surface area contributed by atoms with Crippen molar-refractivity contribution in [3.05, 3.63) is 95.6 Å². The highest BCUT2D eigenvalue weighted by Gasteiger charge is 2.31. The molecule has 8 N–H and O–H groups in total. The lowest BCUT2D eigenvalue weighted by Crippen LogP contribution is -2.58. The van der Waals surface area contributed by atoms with Crippen LogP contribution in [-0.4, -0.2) is 63.2 Å². The van der Waals surface area contributed by atoms with Crippen molar-refractivity contribution in [3.63, 3.8) is 0 Å². The first-order chi connectivity index (χ1) is 20.4. The van der Waals surface area contributed by atoms with Gasteiger partial charge >= 0.3 is 5.97 Å². The van der Waals surface area contributed by atoms with Gasteiger partial charge < -0.3 is 37.0 Å². The van der Waals surface area contributed by atoms with E-state index < -0.39 is 53.8 Å². The molecule has 11 nitrogen and oxygen atoms in total. The lowest BCUT2D eigenvalue weighted by molar-refractivity contribution is -0.143. The fourth-order valence-corrected chi connectivity index (χ4v) is 4.43. The van der Waals surface area contributed by atoms with Crippen LogP contribution in [0.25, 0.3) is 0 Å². The van der Waals surface area contributed by atoms with Gasteiger partial charge in [0.05, 0.1) is 6.04 Å². The maximum Gasteiger partial charge on any atom is 0.326 e. The van der Waals surface area contributed by atoms with E-state index in [-0.39, 0.29) is 30.8 Å². The van der Waals surface area contributed by atoms with E-state index in [0.717, 1.165) is 5.56 Å². The summed E-state index contributed by atoms with van der Waals surface area (Å²) in [5, 5.41) is 36.8.